The number of ether oxygens (including phenoxy) is 1. The highest BCUT2D eigenvalue weighted by Crippen LogP contribution is 2.27. The number of carbonyl (C=O) groups is 1. The quantitative estimate of drug-likeness (QED) is 0.826. The van der Waals surface area contributed by atoms with Crippen LogP contribution >= 0.6 is 27.3 Å². The zero-order valence-corrected chi connectivity index (χ0v) is 13.6. The van der Waals surface area contributed by atoms with E-state index in [1.165, 1.54) is 11.3 Å². The molecule has 1 N–H and O–H groups in total. The van der Waals surface area contributed by atoms with Crippen molar-refractivity contribution in [1.82, 2.24) is 4.98 Å². The van der Waals surface area contributed by atoms with Crippen LogP contribution in [0.3, 0.4) is 0 Å². The Morgan fingerprint density at radius 2 is 2.15 bits per heavy atom. The molecule has 0 bridgehead atoms. The van der Waals surface area contributed by atoms with E-state index in [-0.39, 0.29) is 5.97 Å². The van der Waals surface area contributed by atoms with Crippen molar-refractivity contribution in [2.24, 2.45) is 0 Å². The van der Waals surface area contributed by atoms with Crippen LogP contribution in [0.15, 0.2) is 34.2 Å². The van der Waals surface area contributed by atoms with Crippen molar-refractivity contribution in [3.05, 3.63) is 44.8 Å². The summed E-state index contributed by atoms with van der Waals surface area (Å²) in [5, 5.41) is 3.21. The molecule has 0 saturated carbocycles. The molecule has 0 aliphatic carbocycles. The van der Waals surface area contributed by atoms with E-state index in [2.05, 4.69) is 26.2 Å². The lowest BCUT2D eigenvalue weighted by Crippen LogP contribution is -2.23. The third kappa shape index (κ3) is 3.58. The molecule has 6 heteroatoms. The second kappa shape index (κ2) is 6.85. The van der Waals surface area contributed by atoms with Gasteiger partial charge in [-0.2, -0.15) is 0 Å². The summed E-state index contributed by atoms with van der Waals surface area (Å²) >= 11 is 4.84. The summed E-state index contributed by atoms with van der Waals surface area (Å²) in [6.45, 7) is 4.05. The molecule has 0 aliphatic rings. The SMILES string of the molecule is CCOC(=O)C(Nc1ccc(Br)cc1)c1scnc1C. The average Bonchev–Trinajstić information content (AvgIpc) is 2.84. The van der Waals surface area contributed by atoms with E-state index in [1.807, 2.05) is 31.2 Å². The normalized spacial score (nSPS) is 11.9. The monoisotopic (exact) mass is 354 g/mol. The largest absolute Gasteiger partial charge is 0.464 e. The van der Waals surface area contributed by atoms with E-state index in [0.717, 1.165) is 20.7 Å². The maximum absolute atomic E-state index is 12.2. The van der Waals surface area contributed by atoms with E-state index in [0.29, 0.717) is 6.61 Å². The van der Waals surface area contributed by atoms with Crippen molar-refractivity contribution in [3.8, 4) is 0 Å². The first kappa shape index (κ1) is 15.0. The molecule has 0 aliphatic heterocycles. The van der Waals surface area contributed by atoms with Gasteiger partial charge in [0.25, 0.3) is 0 Å². The van der Waals surface area contributed by atoms with Gasteiger partial charge in [0.2, 0.25) is 0 Å². The highest BCUT2D eigenvalue weighted by molar-refractivity contribution is 9.10. The lowest BCUT2D eigenvalue weighted by molar-refractivity contribution is -0.144. The Labute approximate surface area is 130 Å². The third-order valence-corrected chi connectivity index (χ3v) is 4.25. The molecular formula is C14H15BrN2O2S. The lowest BCUT2D eigenvalue weighted by Gasteiger charge is -2.17. The maximum Gasteiger partial charge on any atom is 0.334 e. The predicted molar refractivity (Wildman–Crippen MR) is 84.0 cm³/mol. The van der Waals surface area contributed by atoms with Gasteiger partial charge in [0.1, 0.15) is 0 Å². The van der Waals surface area contributed by atoms with Crippen LogP contribution in [0.4, 0.5) is 5.69 Å². The molecule has 1 atom stereocenters. The van der Waals surface area contributed by atoms with Gasteiger partial charge in [0.15, 0.2) is 6.04 Å². The minimum Gasteiger partial charge on any atom is -0.464 e. The fraction of sp³-hybridized carbons (Fsp3) is 0.286. The lowest BCUT2D eigenvalue weighted by atomic mass is 10.2. The van der Waals surface area contributed by atoms with Gasteiger partial charge in [-0.15, -0.1) is 11.3 Å². The summed E-state index contributed by atoms with van der Waals surface area (Å²) in [5.74, 6) is -0.289. The van der Waals surface area contributed by atoms with E-state index in [9.17, 15) is 4.79 Å². The number of nitrogens with zero attached hydrogens (tertiary/aromatic N) is 1. The van der Waals surface area contributed by atoms with Crippen LogP contribution in [0.1, 0.15) is 23.5 Å². The number of aromatic nitrogens is 1. The van der Waals surface area contributed by atoms with E-state index in [1.54, 1.807) is 12.4 Å². The van der Waals surface area contributed by atoms with Crippen molar-refractivity contribution < 1.29 is 9.53 Å². The Kier molecular flexibility index (Phi) is 5.14. The molecule has 1 heterocycles. The molecule has 0 spiro atoms. The van der Waals surface area contributed by atoms with Gasteiger partial charge in [-0.25, -0.2) is 9.78 Å². The van der Waals surface area contributed by atoms with Crippen LogP contribution < -0.4 is 5.32 Å². The topological polar surface area (TPSA) is 51.2 Å². The number of aryl methyl sites for hydroxylation is 1. The molecule has 2 rings (SSSR count). The van der Waals surface area contributed by atoms with E-state index in [4.69, 9.17) is 4.74 Å². The summed E-state index contributed by atoms with van der Waals surface area (Å²) in [5.41, 5.74) is 3.44. The van der Waals surface area contributed by atoms with Crippen molar-refractivity contribution in [2.75, 3.05) is 11.9 Å². The first-order chi connectivity index (χ1) is 9.61. The molecule has 0 fully saturated rings. The van der Waals surface area contributed by atoms with Gasteiger partial charge in [-0.1, -0.05) is 15.9 Å². The van der Waals surface area contributed by atoms with Crippen LogP contribution in [0.25, 0.3) is 0 Å². The zero-order valence-electron chi connectivity index (χ0n) is 11.2. The predicted octanol–water partition coefficient (Wildman–Crippen LogP) is 3.93. The van der Waals surface area contributed by atoms with Crippen molar-refractivity contribution in [2.45, 2.75) is 19.9 Å². The number of benzene rings is 1. The number of thiazole rings is 1. The number of esters is 1. The second-order valence-electron chi connectivity index (χ2n) is 4.14. The maximum atomic E-state index is 12.2. The smallest absolute Gasteiger partial charge is 0.334 e. The molecule has 1 aromatic carbocycles. The number of hydrogen-bond donors (Lipinski definition) is 1. The highest BCUT2D eigenvalue weighted by atomic mass is 79.9. The Bertz CT molecular complexity index is 583. The second-order valence-corrected chi connectivity index (χ2v) is 5.94. The average molecular weight is 355 g/mol. The van der Waals surface area contributed by atoms with Crippen LogP contribution in [-0.4, -0.2) is 17.6 Å². The number of anilines is 1. The summed E-state index contributed by atoms with van der Waals surface area (Å²) in [6.07, 6.45) is 0. The molecule has 2 aromatic rings. The zero-order chi connectivity index (χ0) is 14.5. The molecule has 106 valence electrons. The first-order valence-electron chi connectivity index (χ1n) is 6.20. The molecule has 0 radical (unpaired) electrons. The Morgan fingerprint density at radius 1 is 1.45 bits per heavy atom. The van der Waals surface area contributed by atoms with Gasteiger partial charge >= 0.3 is 5.97 Å². The molecule has 0 saturated heterocycles. The van der Waals surface area contributed by atoms with Crippen molar-refractivity contribution in [3.63, 3.8) is 0 Å². The standard InChI is InChI=1S/C14H15BrN2O2S/c1-3-19-14(18)12(13-9(2)16-8-20-13)17-11-6-4-10(15)5-7-11/h4-8,12,17H,3H2,1-2H3. The molecule has 4 nitrogen and oxygen atoms in total. The fourth-order valence-corrected chi connectivity index (χ4v) is 2.86. The third-order valence-electron chi connectivity index (χ3n) is 2.72. The molecular weight excluding hydrogens is 340 g/mol. The molecule has 0 amide bonds. The van der Waals surface area contributed by atoms with Gasteiger partial charge in [-0.3, -0.25) is 0 Å². The number of carbonyl (C=O) groups excluding carboxylic acids is 1. The highest BCUT2D eigenvalue weighted by Gasteiger charge is 2.25. The van der Waals surface area contributed by atoms with Gasteiger partial charge in [0.05, 0.1) is 22.7 Å². The molecule has 20 heavy (non-hydrogen) atoms. The Hall–Kier alpha value is -1.40. The Morgan fingerprint density at radius 3 is 2.70 bits per heavy atom. The Balaban J connectivity index is 2.25. The minimum atomic E-state index is -0.524. The number of nitrogens with one attached hydrogen (secondary N) is 1. The van der Waals surface area contributed by atoms with Gasteiger partial charge < -0.3 is 10.1 Å². The summed E-state index contributed by atoms with van der Waals surface area (Å²) in [6, 6.07) is 7.14. The summed E-state index contributed by atoms with van der Waals surface area (Å²) in [7, 11) is 0. The first-order valence-corrected chi connectivity index (χ1v) is 7.87. The summed E-state index contributed by atoms with van der Waals surface area (Å²) in [4.78, 5) is 17.2. The fourth-order valence-electron chi connectivity index (χ4n) is 1.76. The van der Waals surface area contributed by atoms with E-state index >= 15 is 0 Å². The minimum absolute atomic E-state index is 0.289. The van der Waals surface area contributed by atoms with Gasteiger partial charge in [0, 0.05) is 10.2 Å². The van der Waals surface area contributed by atoms with Crippen molar-refractivity contribution in [1.29, 1.82) is 0 Å². The van der Waals surface area contributed by atoms with Crippen LogP contribution in [-0.2, 0) is 9.53 Å². The van der Waals surface area contributed by atoms with Gasteiger partial charge in [-0.05, 0) is 38.1 Å². The van der Waals surface area contributed by atoms with Crippen molar-refractivity contribution >= 4 is 38.9 Å². The van der Waals surface area contributed by atoms with Crippen LogP contribution in [0.5, 0.6) is 0 Å². The number of hydrogen-bond acceptors (Lipinski definition) is 5. The van der Waals surface area contributed by atoms with Crippen LogP contribution in [0, 0.1) is 6.92 Å². The molecule has 1 aromatic heterocycles. The van der Waals surface area contributed by atoms with E-state index < -0.39 is 6.04 Å². The number of rotatable bonds is 5. The number of halogens is 1. The summed E-state index contributed by atoms with van der Waals surface area (Å²) < 4.78 is 6.14. The molecule has 1 unspecified atom stereocenters. The van der Waals surface area contributed by atoms with Crippen LogP contribution in [0.2, 0.25) is 0 Å².